The van der Waals surface area contributed by atoms with Gasteiger partial charge in [-0.25, -0.2) is 9.37 Å². The van der Waals surface area contributed by atoms with Crippen LogP contribution in [0, 0.1) is 9.39 Å². The molecule has 6 heteroatoms. The van der Waals surface area contributed by atoms with Crippen LogP contribution >= 0.6 is 50.1 Å². The van der Waals surface area contributed by atoms with Gasteiger partial charge >= 0.3 is 0 Å². The lowest BCUT2D eigenvalue weighted by Crippen LogP contribution is -2.03. The molecule has 2 aromatic carbocycles. The first-order valence-electron chi connectivity index (χ1n) is 6.25. The number of hydrogen-bond acceptors (Lipinski definition) is 1. The van der Waals surface area contributed by atoms with E-state index in [1.54, 1.807) is 6.07 Å². The first-order chi connectivity index (χ1) is 9.99. The second kappa shape index (κ2) is 5.85. The molecule has 2 nitrogen and oxygen atoms in total. The minimum atomic E-state index is -0.316. The summed E-state index contributed by atoms with van der Waals surface area (Å²) in [5.41, 5.74) is 2.37. The van der Waals surface area contributed by atoms with Crippen molar-refractivity contribution in [3.63, 3.8) is 0 Å². The summed E-state index contributed by atoms with van der Waals surface area (Å²) in [6.07, 6.45) is 0. The van der Waals surface area contributed by atoms with Crippen molar-refractivity contribution in [3.05, 3.63) is 56.1 Å². The van der Waals surface area contributed by atoms with Crippen molar-refractivity contribution in [1.29, 1.82) is 0 Å². The number of hydrogen-bond donors (Lipinski definition) is 0. The van der Waals surface area contributed by atoms with E-state index in [0.29, 0.717) is 21.3 Å². The van der Waals surface area contributed by atoms with E-state index in [2.05, 4.69) is 43.5 Å². The second-order valence-corrected chi connectivity index (χ2v) is 7.30. The number of para-hydroxylation sites is 1. The van der Waals surface area contributed by atoms with Gasteiger partial charge in [-0.15, -0.1) is 11.6 Å². The van der Waals surface area contributed by atoms with Gasteiger partial charge in [0.15, 0.2) is 0 Å². The highest BCUT2D eigenvalue weighted by Crippen LogP contribution is 2.32. The smallest absolute Gasteiger partial charge is 0.139 e. The van der Waals surface area contributed by atoms with E-state index in [1.165, 1.54) is 6.07 Å². The Balaban J connectivity index is 2.41. The van der Waals surface area contributed by atoms with Crippen molar-refractivity contribution in [2.45, 2.75) is 12.3 Å². The van der Waals surface area contributed by atoms with Crippen molar-refractivity contribution >= 4 is 61.2 Å². The van der Waals surface area contributed by atoms with Crippen LogP contribution in [0.1, 0.15) is 18.1 Å². The number of benzene rings is 2. The summed E-state index contributed by atoms with van der Waals surface area (Å²) in [4.78, 5) is 4.56. The quantitative estimate of drug-likeness (QED) is 0.334. The molecule has 108 valence electrons. The molecule has 1 heterocycles. The summed E-state index contributed by atoms with van der Waals surface area (Å²) in [5.74, 6) is 0.386. The normalized spacial score (nSPS) is 12.8. The van der Waals surface area contributed by atoms with Crippen LogP contribution in [0.15, 0.2) is 40.9 Å². The SMILES string of the molecule is CC(Cl)c1nc2cc(Br)c(F)cc2n1-c1ccccc1I. The Morgan fingerprint density at radius 3 is 2.71 bits per heavy atom. The maximum Gasteiger partial charge on any atom is 0.139 e. The molecule has 0 N–H and O–H groups in total. The van der Waals surface area contributed by atoms with Gasteiger partial charge in [-0.1, -0.05) is 12.1 Å². The van der Waals surface area contributed by atoms with Gasteiger partial charge in [-0.05, 0) is 63.6 Å². The standard InChI is InChI=1S/C15H10BrClFIN2/c1-8(17)15-20-12-6-9(16)10(18)7-14(12)21(15)13-5-3-2-4-11(13)19/h2-8H,1H3. The first kappa shape index (κ1) is 15.2. The molecular weight excluding hydrogens is 469 g/mol. The van der Waals surface area contributed by atoms with Gasteiger partial charge in [-0.3, -0.25) is 4.57 Å². The predicted octanol–water partition coefficient (Wildman–Crippen LogP) is 5.83. The highest BCUT2D eigenvalue weighted by Gasteiger charge is 2.19. The summed E-state index contributed by atoms with van der Waals surface area (Å²) in [5, 5.41) is -0.282. The molecule has 0 aliphatic carbocycles. The summed E-state index contributed by atoms with van der Waals surface area (Å²) >= 11 is 11.7. The molecule has 0 amide bonds. The van der Waals surface area contributed by atoms with Gasteiger partial charge in [0, 0.05) is 9.64 Å². The van der Waals surface area contributed by atoms with E-state index < -0.39 is 0 Å². The Labute approximate surface area is 148 Å². The third-order valence-electron chi connectivity index (χ3n) is 3.17. The fourth-order valence-corrected chi connectivity index (χ4v) is 3.35. The first-order valence-corrected chi connectivity index (χ1v) is 8.56. The average molecular weight is 480 g/mol. The number of halogens is 4. The molecule has 0 aliphatic rings. The molecule has 21 heavy (non-hydrogen) atoms. The van der Waals surface area contributed by atoms with Gasteiger partial charge in [-0.2, -0.15) is 0 Å². The number of nitrogens with zero attached hydrogens (tertiary/aromatic N) is 2. The van der Waals surface area contributed by atoms with Crippen LogP contribution < -0.4 is 0 Å². The van der Waals surface area contributed by atoms with Crippen LogP contribution in [-0.4, -0.2) is 9.55 Å². The molecule has 0 spiro atoms. The summed E-state index contributed by atoms with van der Waals surface area (Å²) in [6.45, 7) is 1.86. The predicted molar refractivity (Wildman–Crippen MR) is 95.7 cm³/mol. The molecule has 3 rings (SSSR count). The van der Waals surface area contributed by atoms with Crippen LogP contribution in [0.2, 0.25) is 0 Å². The minimum Gasteiger partial charge on any atom is -0.294 e. The van der Waals surface area contributed by atoms with Crippen molar-refractivity contribution in [2.75, 3.05) is 0 Å². The molecule has 0 fully saturated rings. The Kier molecular flexibility index (Phi) is 4.25. The maximum absolute atomic E-state index is 13.9. The number of aromatic nitrogens is 2. The molecule has 0 radical (unpaired) electrons. The maximum atomic E-state index is 13.9. The van der Waals surface area contributed by atoms with Crippen LogP contribution in [0.4, 0.5) is 4.39 Å². The lowest BCUT2D eigenvalue weighted by molar-refractivity contribution is 0.622. The van der Waals surface area contributed by atoms with Crippen molar-refractivity contribution < 1.29 is 4.39 Å². The minimum absolute atomic E-state index is 0.282. The monoisotopic (exact) mass is 478 g/mol. The zero-order valence-corrected chi connectivity index (χ0v) is 15.4. The van der Waals surface area contributed by atoms with Gasteiger partial charge in [0.05, 0.1) is 26.6 Å². The van der Waals surface area contributed by atoms with E-state index in [-0.39, 0.29) is 11.2 Å². The summed E-state index contributed by atoms with van der Waals surface area (Å²) in [6, 6.07) is 11.1. The summed E-state index contributed by atoms with van der Waals surface area (Å²) in [7, 11) is 0. The Morgan fingerprint density at radius 2 is 2.05 bits per heavy atom. The Bertz CT molecular complexity index is 832. The lowest BCUT2D eigenvalue weighted by Gasteiger charge is -2.12. The highest BCUT2D eigenvalue weighted by molar-refractivity contribution is 14.1. The van der Waals surface area contributed by atoms with Crippen LogP contribution in [0.3, 0.4) is 0 Å². The van der Waals surface area contributed by atoms with Crippen LogP contribution in [0.25, 0.3) is 16.7 Å². The van der Waals surface area contributed by atoms with Gasteiger partial charge in [0.25, 0.3) is 0 Å². The summed E-state index contributed by atoms with van der Waals surface area (Å²) < 4.78 is 17.3. The van der Waals surface area contributed by atoms with E-state index in [4.69, 9.17) is 11.6 Å². The Hall–Kier alpha value is -0.660. The molecular formula is C15H10BrClFIN2. The lowest BCUT2D eigenvalue weighted by atomic mass is 10.2. The molecule has 3 aromatic rings. The molecule has 0 bridgehead atoms. The molecule has 0 aliphatic heterocycles. The second-order valence-electron chi connectivity index (χ2n) is 4.63. The van der Waals surface area contributed by atoms with Gasteiger partial charge in [0.1, 0.15) is 11.6 Å². The number of alkyl halides is 1. The molecule has 1 aromatic heterocycles. The van der Waals surface area contributed by atoms with Crippen molar-refractivity contribution in [1.82, 2.24) is 9.55 Å². The third-order valence-corrected chi connectivity index (χ3v) is 4.89. The fraction of sp³-hybridized carbons (Fsp3) is 0.133. The molecule has 0 saturated heterocycles. The topological polar surface area (TPSA) is 17.8 Å². The van der Waals surface area contributed by atoms with Gasteiger partial charge < -0.3 is 0 Å². The highest BCUT2D eigenvalue weighted by atomic mass is 127. The van der Waals surface area contributed by atoms with E-state index in [1.807, 2.05) is 35.8 Å². The van der Waals surface area contributed by atoms with Crippen molar-refractivity contribution in [2.24, 2.45) is 0 Å². The fourth-order valence-electron chi connectivity index (χ4n) is 2.24. The Morgan fingerprint density at radius 1 is 1.33 bits per heavy atom. The molecule has 1 atom stereocenters. The van der Waals surface area contributed by atoms with Crippen LogP contribution in [-0.2, 0) is 0 Å². The number of fused-ring (bicyclic) bond motifs is 1. The zero-order chi connectivity index (χ0) is 15.1. The number of imidazole rings is 1. The van der Waals surface area contributed by atoms with E-state index in [0.717, 1.165) is 9.26 Å². The zero-order valence-electron chi connectivity index (χ0n) is 10.9. The van der Waals surface area contributed by atoms with E-state index in [9.17, 15) is 4.39 Å². The largest absolute Gasteiger partial charge is 0.294 e. The van der Waals surface area contributed by atoms with E-state index >= 15 is 0 Å². The van der Waals surface area contributed by atoms with Gasteiger partial charge in [0.2, 0.25) is 0 Å². The number of rotatable bonds is 2. The molecule has 0 saturated carbocycles. The molecule has 1 unspecified atom stereocenters. The third kappa shape index (κ3) is 2.71. The van der Waals surface area contributed by atoms with Crippen LogP contribution in [0.5, 0.6) is 0 Å². The van der Waals surface area contributed by atoms with Crippen molar-refractivity contribution in [3.8, 4) is 5.69 Å². The average Bonchev–Trinajstić information content (AvgIpc) is 2.78.